The molecule has 0 heterocycles. The van der Waals surface area contributed by atoms with Gasteiger partial charge in [0.25, 0.3) is 0 Å². The zero-order valence-corrected chi connectivity index (χ0v) is 12.9. The van der Waals surface area contributed by atoms with Crippen molar-refractivity contribution in [2.45, 2.75) is 20.3 Å². The monoisotopic (exact) mass is 335 g/mol. The molecule has 2 aromatic carbocycles. The third-order valence-corrected chi connectivity index (χ3v) is 3.47. The van der Waals surface area contributed by atoms with Gasteiger partial charge in [0.1, 0.15) is 5.82 Å². The van der Waals surface area contributed by atoms with Crippen molar-refractivity contribution in [2.75, 3.05) is 5.32 Å². The molecular weight excluding hydrogens is 321 g/mol. The summed E-state index contributed by atoms with van der Waals surface area (Å²) in [5.74, 6) is -0.476. The number of nitrogens with one attached hydrogen (secondary N) is 1. The lowest BCUT2D eigenvalue weighted by molar-refractivity contribution is -0.115. The third kappa shape index (κ3) is 3.67. The molecular formula is C16H15BrFNO. The SMILES string of the molecule is Cc1cc(Br)cc(C)c1NC(=O)Cc1cccc(F)c1. The average Bonchev–Trinajstić information content (AvgIpc) is 2.33. The molecule has 2 rings (SSSR count). The van der Waals surface area contributed by atoms with Crippen molar-refractivity contribution in [2.24, 2.45) is 0 Å². The van der Waals surface area contributed by atoms with Crippen LogP contribution in [0.15, 0.2) is 40.9 Å². The van der Waals surface area contributed by atoms with Crippen LogP contribution in [0.1, 0.15) is 16.7 Å². The first-order valence-corrected chi connectivity index (χ1v) is 7.06. The Hall–Kier alpha value is -1.68. The van der Waals surface area contributed by atoms with Crippen LogP contribution in [0.4, 0.5) is 10.1 Å². The quantitative estimate of drug-likeness (QED) is 0.885. The number of carbonyl (C=O) groups is 1. The van der Waals surface area contributed by atoms with Gasteiger partial charge < -0.3 is 5.32 Å². The third-order valence-electron chi connectivity index (χ3n) is 3.02. The molecule has 1 N–H and O–H groups in total. The summed E-state index contributed by atoms with van der Waals surface area (Å²) in [7, 11) is 0. The molecule has 0 aliphatic rings. The maximum Gasteiger partial charge on any atom is 0.228 e. The number of hydrogen-bond acceptors (Lipinski definition) is 1. The minimum atomic E-state index is -0.327. The number of rotatable bonds is 3. The van der Waals surface area contributed by atoms with Crippen molar-refractivity contribution >= 4 is 27.5 Å². The van der Waals surface area contributed by atoms with Crippen LogP contribution in [0.2, 0.25) is 0 Å². The number of amides is 1. The van der Waals surface area contributed by atoms with E-state index >= 15 is 0 Å². The van der Waals surface area contributed by atoms with Crippen LogP contribution in [-0.4, -0.2) is 5.91 Å². The molecule has 2 aromatic rings. The molecule has 0 aliphatic carbocycles. The molecule has 0 saturated carbocycles. The Balaban J connectivity index is 2.13. The number of aryl methyl sites for hydroxylation is 2. The van der Waals surface area contributed by atoms with Crippen molar-refractivity contribution in [3.63, 3.8) is 0 Å². The van der Waals surface area contributed by atoms with Gasteiger partial charge in [-0.05, 0) is 54.8 Å². The van der Waals surface area contributed by atoms with Crippen molar-refractivity contribution in [1.82, 2.24) is 0 Å². The largest absolute Gasteiger partial charge is 0.325 e. The highest BCUT2D eigenvalue weighted by molar-refractivity contribution is 9.10. The summed E-state index contributed by atoms with van der Waals surface area (Å²) in [4.78, 5) is 12.0. The molecule has 0 aromatic heterocycles. The Labute approximate surface area is 126 Å². The van der Waals surface area contributed by atoms with Crippen molar-refractivity contribution in [1.29, 1.82) is 0 Å². The summed E-state index contributed by atoms with van der Waals surface area (Å²) < 4.78 is 14.1. The number of benzene rings is 2. The molecule has 0 spiro atoms. The first-order valence-electron chi connectivity index (χ1n) is 6.27. The summed E-state index contributed by atoms with van der Waals surface area (Å²) in [5.41, 5.74) is 3.46. The Morgan fingerprint density at radius 1 is 1.20 bits per heavy atom. The summed E-state index contributed by atoms with van der Waals surface area (Å²) in [6.45, 7) is 3.88. The van der Waals surface area contributed by atoms with Crippen LogP contribution < -0.4 is 5.32 Å². The first kappa shape index (κ1) is 14.7. The van der Waals surface area contributed by atoms with Crippen molar-refractivity contribution in [3.8, 4) is 0 Å². The van der Waals surface area contributed by atoms with Crippen molar-refractivity contribution < 1.29 is 9.18 Å². The molecule has 0 aliphatic heterocycles. The predicted octanol–water partition coefficient (Wildman–Crippen LogP) is 4.39. The van der Waals surface area contributed by atoms with Gasteiger partial charge in [0.2, 0.25) is 5.91 Å². The molecule has 0 bridgehead atoms. The minimum Gasteiger partial charge on any atom is -0.325 e. The van der Waals surface area contributed by atoms with Gasteiger partial charge in [0.05, 0.1) is 6.42 Å². The van der Waals surface area contributed by atoms with Crippen LogP contribution >= 0.6 is 15.9 Å². The molecule has 0 saturated heterocycles. The van der Waals surface area contributed by atoms with E-state index in [-0.39, 0.29) is 18.1 Å². The number of hydrogen-bond donors (Lipinski definition) is 1. The number of halogens is 2. The summed E-state index contributed by atoms with van der Waals surface area (Å²) in [6, 6.07) is 9.99. The van der Waals surface area contributed by atoms with Crippen LogP contribution in [0, 0.1) is 19.7 Å². The van der Waals surface area contributed by atoms with Crippen LogP contribution in [0.25, 0.3) is 0 Å². The molecule has 2 nitrogen and oxygen atoms in total. The summed E-state index contributed by atoms with van der Waals surface area (Å²) in [5, 5.41) is 2.89. The summed E-state index contributed by atoms with van der Waals surface area (Å²) in [6.07, 6.45) is 0.159. The second kappa shape index (κ2) is 6.18. The Kier molecular flexibility index (Phi) is 4.55. The Morgan fingerprint density at radius 2 is 1.85 bits per heavy atom. The lowest BCUT2D eigenvalue weighted by Gasteiger charge is -2.12. The van der Waals surface area contributed by atoms with E-state index in [9.17, 15) is 9.18 Å². The molecule has 0 unspecified atom stereocenters. The van der Waals surface area contributed by atoms with Gasteiger partial charge in [-0.25, -0.2) is 4.39 Å². The normalized spacial score (nSPS) is 10.4. The topological polar surface area (TPSA) is 29.1 Å². The second-order valence-corrected chi connectivity index (χ2v) is 5.69. The lowest BCUT2D eigenvalue weighted by Crippen LogP contribution is -2.16. The fourth-order valence-electron chi connectivity index (χ4n) is 2.12. The first-order chi connectivity index (χ1) is 9.45. The van der Waals surface area contributed by atoms with Gasteiger partial charge in [0.15, 0.2) is 0 Å². The molecule has 4 heteroatoms. The van der Waals surface area contributed by atoms with E-state index in [4.69, 9.17) is 0 Å². The smallest absolute Gasteiger partial charge is 0.228 e. The van der Waals surface area contributed by atoms with E-state index in [0.29, 0.717) is 5.56 Å². The van der Waals surface area contributed by atoms with Gasteiger partial charge >= 0.3 is 0 Å². The van der Waals surface area contributed by atoms with Gasteiger partial charge in [-0.2, -0.15) is 0 Å². The zero-order chi connectivity index (χ0) is 14.7. The van der Waals surface area contributed by atoms with Gasteiger partial charge in [-0.3, -0.25) is 4.79 Å². The Morgan fingerprint density at radius 3 is 2.45 bits per heavy atom. The molecule has 0 fully saturated rings. The maximum absolute atomic E-state index is 13.1. The second-order valence-electron chi connectivity index (χ2n) is 4.77. The van der Waals surface area contributed by atoms with Crippen molar-refractivity contribution in [3.05, 3.63) is 63.4 Å². The highest BCUT2D eigenvalue weighted by Crippen LogP contribution is 2.25. The zero-order valence-electron chi connectivity index (χ0n) is 11.3. The van der Waals surface area contributed by atoms with E-state index < -0.39 is 0 Å². The van der Waals surface area contributed by atoms with Gasteiger partial charge in [-0.1, -0.05) is 28.1 Å². The molecule has 1 amide bonds. The van der Waals surface area contributed by atoms with E-state index in [0.717, 1.165) is 21.3 Å². The number of carbonyl (C=O) groups excluding carboxylic acids is 1. The molecule has 20 heavy (non-hydrogen) atoms. The fourth-order valence-corrected chi connectivity index (χ4v) is 2.81. The lowest BCUT2D eigenvalue weighted by atomic mass is 10.1. The fraction of sp³-hybridized carbons (Fsp3) is 0.188. The molecule has 0 atom stereocenters. The van der Waals surface area contributed by atoms with Gasteiger partial charge in [-0.15, -0.1) is 0 Å². The molecule has 0 radical (unpaired) electrons. The highest BCUT2D eigenvalue weighted by Gasteiger charge is 2.09. The van der Waals surface area contributed by atoms with E-state index in [1.807, 2.05) is 26.0 Å². The maximum atomic E-state index is 13.1. The predicted molar refractivity (Wildman–Crippen MR) is 82.3 cm³/mol. The standard InChI is InChI=1S/C16H15BrFNO/c1-10-6-13(17)7-11(2)16(10)19-15(20)9-12-4-3-5-14(18)8-12/h3-8H,9H2,1-2H3,(H,19,20). The van der Waals surface area contributed by atoms with Gasteiger partial charge in [0, 0.05) is 10.2 Å². The summed E-state index contributed by atoms with van der Waals surface area (Å²) >= 11 is 3.42. The average molecular weight is 336 g/mol. The number of anilines is 1. The Bertz CT molecular complexity index is 632. The van der Waals surface area contributed by atoms with E-state index in [1.54, 1.807) is 12.1 Å². The molecule has 104 valence electrons. The van der Waals surface area contributed by atoms with E-state index in [1.165, 1.54) is 12.1 Å². The van der Waals surface area contributed by atoms with E-state index in [2.05, 4.69) is 21.2 Å². The van der Waals surface area contributed by atoms with Crippen LogP contribution in [-0.2, 0) is 11.2 Å². The van der Waals surface area contributed by atoms with Crippen LogP contribution in [0.3, 0.4) is 0 Å². The van der Waals surface area contributed by atoms with Crippen LogP contribution in [0.5, 0.6) is 0 Å². The highest BCUT2D eigenvalue weighted by atomic mass is 79.9. The minimum absolute atomic E-state index is 0.149.